The van der Waals surface area contributed by atoms with Gasteiger partial charge in [-0.05, 0) is 32.1 Å². The zero-order valence-corrected chi connectivity index (χ0v) is 8.55. The van der Waals surface area contributed by atoms with Crippen LogP contribution in [0.3, 0.4) is 0 Å². The van der Waals surface area contributed by atoms with Crippen LogP contribution >= 0.6 is 0 Å². The van der Waals surface area contributed by atoms with Crippen LogP contribution in [0.4, 0.5) is 0 Å². The van der Waals surface area contributed by atoms with E-state index in [1.807, 2.05) is 0 Å². The Morgan fingerprint density at radius 3 is 2.15 bits per heavy atom. The lowest BCUT2D eigenvalue weighted by atomic mass is 9.90. The molecule has 2 saturated carbocycles. The van der Waals surface area contributed by atoms with Gasteiger partial charge in [0.25, 0.3) is 0 Å². The summed E-state index contributed by atoms with van der Waals surface area (Å²) in [5.74, 6) is 1.51. The summed E-state index contributed by atoms with van der Waals surface area (Å²) in [4.78, 5) is 2.24. The van der Waals surface area contributed by atoms with E-state index >= 15 is 0 Å². The molecule has 2 aliphatic carbocycles. The van der Waals surface area contributed by atoms with E-state index in [-0.39, 0.29) is 0 Å². The standard InChI is InChI=1S/C11H20N2/c1-13(10-7-4-8-10)11(12)9-5-2-3-6-9/h9-10,12H,2-8H2,1H3. The second-order valence-corrected chi connectivity index (χ2v) is 4.56. The van der Waals surface area contributed by atoms with E-state index < -0.39 is 0 Å². The van der Waals surface area contributed by atoms with E-state index in [0.29, 0.717) is 12.0 Å². The minimum absolute atomic E-state index is 0.589. The van der Waals surface area contributed by atoms with Gasteiger partial charge in [-0.15, -0.1) is 0 Å². The van der Waals surface area contributed by atoms with E-state index in [1.54, 1.807) is 0 Å². The normalized spacial score (nSPS) is 24.4. The van der Waals surface area contributed by atoms with Crippen LogP contribution in [-0.2, 0) is 0 Å². The maximum atomic E-state index is 8.09. The first-order valence-electron chi connectivity index (χ1n) is 5.60. The fourth-order valence-electron chi connectivity index (χ4n) is 2.46. The maximum Gasteiger partial charge on any atom is 0.0989 e. The predicted molar refractivity (Wildman–Crippen MR) is 55.1 cm³/mol. The minimum Gasteiger partial charge on any atom is -0.360 e. The molecule has 0 heterocycles. The van der Waals surface area contributed by atoms with Gasteiger partial charge in [-0.25, -0.2) is 0 Å². The van der Waals surface area contributed by atoms with Crippen molar-refractivity contribution in [2.75, 3.05) is 7.05 Å². The SMILES string of the molecule is CN(C(=N)C1CCCC1)C1CCC1. The topological polar surface area (TPSA) is 27.1 Å². The molecule has 2 fully saturated rings. The molecule has 0 aromatic carbocycles. The largest absolute Gasteiger partial charge is 0.360 e. The highest BCUT2D eigenvalue weighted by Crippen LogP contribution is 2.30. The molecule has 0 aliphatic heterocycles. The smallest absolute Gasteiger partial charge is 0.0989 e. The molecule has 1 N–H and O–H groups in total. The second-order valence-electron chi connectivity index (χ2n) is 4.56. The zero-order chi connectivity index (χ0) is 9.26. The molecular weight excluding hydrogens is 160 g/mol. The van der Waals surface area contributed by atoms with Gasteiger partial charge in [0, 0.05) is 19.0 Å². The average Bonchev–Trinajstić information content (AvgIpc) is 2.51. The van der Waals surface area contributed by atoms with Crippen LogP contribution in [0.1, 0.15) is 44.9 Å². The van der Waals surface area contributed by atoms with Gasteiger partial charge < -0.3 is 4.90 Å². The van der Waals surface area contributed by atoms with Gasteiger partial charge in [0.1, 0.15) is 0 Å². The van der Waals surface area contributed by atoms with Crippen LogP contribution in [-0.4, -0.2) is 23.8 Å². The summed E-state index contributed by atoms with van der Waals surface area (Å²) in [6.07, 6.45) is 9.19. The van der Waals surface area contributed by atoms with Crippen molar-refractivity contribution in [3.63, 3.8) is 0 Å². The van der Waals surface area contributed by atoms with Crippen LogP contribution < -0.4 is 0 Å². The van der Waals surface area contributed by atoms with Crippen LogP contribution in [0.15, 0.2) is 0 Å². The van der Waals surface area contributed by atoms with Crippen molar-refractivity contribution in [2.24, 2.45) is 5.92 Å². The number of hydrogen-bond acceptors (Lipinski definition) is 1. The lowest BCUT2D eigenvalue weighted by Crippen LogP contribution is -2.43. The van der Waals surface area contributed by atoms with Crippen LogP contribution in [0.5, 0.6) is 0 Å². The molecule has 0 aromatic heterocycles. The van der Waals surface area contributed by atoms with Gasteiger partial charge in [-0.3, -0.25) is 5.41 Å². The Balaban J connectivity index is 1.87. The molecule has 0 saturated heterocycles. The Labute approximate surface area is 80.8 Å². The van der Waals surface area contributed by atoms with Crippen LogP contribution in [0.2, 0.25) is 0 Å². The summed E-state index contributed by atoms with van der Waals surface area (Å²) >= 11 is 0. The first kappa shape index (κ1) is 9.04. The Kier molecular flexibility index (Phi) is 2.56. The molecule has 2 aliphatic rings. The summed E-state index contributed by atoms with van der Waals surface area (Å²) in [6.45, 7) is 0. The fraction of sp³-hybridized carbons (Fsp3) is 0.909. The van der Waals surface area contributed by atoms with Crippen molar-refractivity contribution in [2.45, 2.75) is 51.0 Å². The van der Waals surface area contributed by atoms with Gasteiger partial charge >= 0.3 is 0 Å². The highest BCUT2D eigenvalue weighted by Gasteiger charge is 2.28. The number of nitrogens with zero attached hydrogens (tertiary/aromatic N) is 1. The van der Waals surface area contributed by atoms with Crippen LogP contribution in [0.25, 0.3) is 0 Å². The van der Waals surface area contributed by atoms with Crippen molar-refractivity contribution >= 4 is 5.84 Å². The molecule has 0 radical (unpaired) electrons. The second kappa shape index (κ2) is 3.69. The molecular formula is C11H20N2. The first-order valence-corrected chi connectivity index (χ1v) is 5.60. The Bertz CT molecular complexity index is 190. The lowest BCUT2D eigenvalue weighted by molar-refractivity contribution is 0.230. The van der Waals surface area contributed by atoms with Gasteiger partial charge in [0.15, 0.2) is 0 Å². The van der Waals surface area contributed by atoms with E-state index in [9.17, 15) is 0 Å². The van der Waals surface area contributed by atoms with E-state index in [2.05, 4.69) is 11.9 Å². The molecule has 2 rings (SSSR count). The van der Waals surface area contributed by atoms with Crippen molar-refractivity contribution in [3.05, 3.63) is 0 Å². The maximum absolute atomic E-state index is 8.09. The molecule has 0 aromatic rings. The molecule has 13 heavy (non-hydrogen) atoms. The number of hydrogen-bond donors (Lipinski definition) is 1. The van der Waals surface area contributed by atoms with Gasteiger partial charge in [0.05, 0.1) is 5.84 Å². The molecule has 74 valence electrons. The number of nitrogens with one attached hydrogen (secondary N) is 1. The third kappa shape index (κ3) is 1.72. The third-order valence-corrected chi connectivity index (χ3v) is 3.74. The number of amidine groups is 1. The monoisotopic (exact) mass is 180 g/mol. The zero-order valence-electron chi connectivity index (χ0n) is 8.55. The Morgan fingerprint density at radius 1 is 1.08 bits per heavy atom. The molecule has 0 amide bonds. The van der Waals surface area contributed by atoms with Crippen molar-refractivity contribution in [3.8, 4) is 0 Å². The van der Waals surface area contributed by atoms with Gasteiger partial charge in [0.2, 0.25) is 0 Å². The predicted octanol–water partition coefficient (Wildman–Crippen LogP) is 2.64. The van der Waals surface area contributed by atoms with E-state index in [4.69, 9.17) is 5.41 Å². The molecule has 0 unspecified atom stereocenters. The highest BCUT2D eigenvalue weighted by atomic mass is 15.2. The van der Waals surface area contributed by atoms with Crippen molar-refractivity contribution in [1.29, 1.82) is 5.41 Å². The highest BCUT2D eigenvalue weighted by molar-refractivity contribution is 5.82. The quantitative estimate of drug-likeness (QED) is 0.513. The fourth-order valence-corrected chi connectivity index (χ4v) is 2.46. The first-order chi connectivity index (χ1) is 6.29. The van der Waals surface area contributed by atoms with Crippen LogP contribution in [0, 0.1) is 11.3 Å². The Hall–Kier alpha value is -0.530. The van der Waals surface area contributed by atoms with Gasteiger partial charge in [-0.2, -0.15) is 0 Å². The summed E-state index contributed by atoms with van der Waals surface area (Å²) in [6, 6.07) is 0.702. The summed E-state index contributed by atoms with van der Waals surface area (Å²) in [5.41, 5.74) is 0. The van der Waals surface area contributed by atoms with Crippen molar-refractivity contribution < 1.29 is 0 Å². The van der Waals surface area contributed by atoms with E-state index in [1.165, 1.54) is 44.9 Å². The van der Waals surface area contributed by atoms with Gasteiger partial charge in [-0.1, -0.05) is 12.8 Å². The third-order valence-electron chi connectivity index (χ3n) is 3.74. The summed E-state index contributed by atoms with van der Waals surface area (Å²) in [7, 11) is 2.12. The average molecular weight is 180 g/mol. The number of rotatable bonds is 2. The summed E-state index contributed by atoms with van der Waals surface area (Å²) < 4.78 is 0. The molecule has 2 heteroatoms. The van der Waals surface area contributed by atoms with E-state index in [0.717, 1.165) is 5.84 Å². The molecule has 0 bridgehead atoms. The minimum atomic E-state index is 0.589. The molecule has 0 spiro atoms. The van der Waals surface area contributed by atoms with Crippen molar-refractivity contribution in [1.82, 2.24) is 4.90 Å². The molecule has 2 nitrogen and oxygen atoms in total. The molecule has 0 atom stereocenters. The lowest BCUT2D eigenvalue weighted by Gasteiger charge is -2.38. The summed E-state index contributed by atoms with van der Waals surface area (Å²) in [5, 5.41) is 8.09. The Morgan fingerprint density at radius 2 is 1.69 bits per heavy atom.